The Morgan fingerprint density at radius 2 is 1.94 bits per heavy atom. The van der Waals surface area contributed by atoms with Crippen LogP contribution in [0.3, 0.4) is 0 Å². The molecular weight excluding hydrogens is 321 g/mol. The summed E-state index contributed by atoms with van der Waals surface area (Å²) in [5.74, 6) is -2.77. The zero-order valence-electron chi connectivity index (χ0n) is 9.91. The summed E-state index contributed by atoms with van der Waals surface area (Å²) in [7, 11) is 0. The number of hydrogen-bond acceptors (Lipinski definition) is 2. The molecule has 0 saturated heterocycles. The highest BCUT2D eigenvalue weighted by molar-refractivity contribution is 9.10. The van der Waals surface area contributed by atoms with Gasteiger partial charge in [0, 0.05) is 10.4 Å². The van der Waals surface area contributed by atoms with Crippen molar-refractivity contribution in [1.82, 2.24) is 0 Å². The van der Waals surface area contributed by atoms with Crippen LogP contribution in [0.1, 0.15) is 13.8 Å². The van der Waals surface area contributed by atoms with Gasteiger partial charge in [-0.1, -0.05) is 41.4 Å². The quantitative estimate of drug-likeness (QED) is 0.887. The van der Waals surface area contributed by atoms with E-state index in [2.05, 4.69) is 21.2 Å². The summed E-state index contributed by atoms with van der Waals surface area (Å²) in [6.45, 7) is 3.06. The summed E-state index contributed by atoms with van der Waals surface area (Å²) in [5.41, 5.74) is 0.459. The van der Waals surface area contributed by atoms with Gasteiger partial charge >= 0.3 is 5.97 Å². The van der Waals surface area contributed by atoms with Crippen LogP contribution in [0.4, 0.5) is 5.69 Å². The minimum absolute atomic E-state index is 0.370. The molecule has 4 nitrogen and oxygen atoms in total. The van der Waals surface area contributed by atoms with Gasteiger partial charge in [-0.25, -0.2) is 0 Å². The monoisotopic (exact) mass is 333 g/mol. The van der Waals surface area contributed by atoms with Crippen LogP contribution in [-0.4, -0.2) is 17.0 Å². The summed E-state index contributed by atoms with van der Waals surface area (Å²) in [6, 6.07) is 5.06. The lowest BCUT2D eigenvalue weighted by Gasteiger charge is -2.16. The molecule has 1 amide bonds. The van der Waals surface area contributed by atoms with Gasteiger partial charge in [0.15, 0.2) is 0 Å². The van der Waals surface area contributed by atoms with Crippen molar-refractivity contribution in [3.05, 3.63) is 27.7 Å². The lowest BCUT2D eigenvalue weighted by molar-refractivity contribution is -0.145. The topological polar surface area (TPSA) is 66.4 Å². The van der Waals surface area contributed by atoms with E-state index in [4.69, 9.17) is 16.7 Å². The van der Waals surface area contributed by atoms with Crippen molar-refractivity contribution in [3.63, 3.8) is 0 Å². The molecule has 1 aromatic carbocycles. The second kappa shape index (κ2) is 6.20. The third kappa shape index (κ3) is 3.71. The number of benzene rings is 1. The number of carboxylic acids is 1. The zero-order chi connectivity index (χ0) is 13.9. The molecule has 0 aliphatic carbocycles. The van der Waals surface area contributed by atoms with Crippen molar-refractivity contribution in [2.75, 3.05) is 5.32 Å². The molecule has 18 heavy (non-hydrogen) atoms. The van der Waals surface area contributed by atoms with E-state index in [1.165, 1.54) is 6.92 Å². The van der Waals surface area contributed by atoms with Crippen molar-refractivity contribution in [2.24, 2.45) is 11.8 Å². The van der Waals surface area contributed by atoms with E-state index in [1.807, 2.05) is 0 Å². The number of nitrogens with one attached hydrogen (secondary N) is 1. The van der Waals surface area contributed by atoms with E-state index < -0.39 is 17.8 Å². The fourth-order valence-corrected chi connectivity index (χ4v) is 1.81. The number of hydrogen-bond donors (Lipinski definition) is 2. The Labute approximate surface area is 118 Å². The van der Waals surface area contributed by atoms with Gasteiger partial charge in [-0.3, -0.25) is 9.59 Å². The highest BCUT2D eigenvalue weighted by Crippen LogP contribution is 2.26. The first-order valence-corrected chi connectivity index (χ1v) is 6.48. The maximum atomic E-state index is 11.9. The minimum Gasteiger partial charge on any atom is -0.481 e. The summed E-state index contributed by atoms with van der Waals surface area (Å²) >= 11 is 9.21. The van der Waals surface area contributed by atoms with Gasteiger partial charge in [0.2, 0.25) is 5.91 Å². The fraction of sp³-hybridized carbons (Fsp3) is 0.333. The maximum Gasteiger partial charge on any atom is 0.307 e. The van der Waals surface area contributed by atoms with E-state index in [-0.39, 0.29) is 5.91 Å². The Morgan fingerprint density at radius 3 is 2.50 bits per heavy atom. The standard InChI is InChI=1S/C12H13BrClNO3/c1-6(7(2)12(17)18)11(16)15-10-5-8(13)3-4-9(10)14/h3-7H,1-2H3,(H,15,16)(H,17,18). The lowest BCUT2D eigenvalue weighted by atomic mass is 9.95. The molecule has 0 spiro atoms. The molecule has 0 fully saturated rings. The molecule has 0 bridgehead atoms. The van der Waals surface area contributed by atoms with Crippen molar-refractivity contribution in [1.29, 1.82) is 0 Å². The lowest BCUT2D eigenvalue weighted by Crippen LogP contribution is -2.30. The number of aliphatic carboxylic acids is 1. The predicted molar refractivity (Wildman–Crippen MR) is 73.7 cm³/mol. The minimum atomic E-state index is -1.00. The molecule has 2 atom stereocenters. The average Bonchev–Trinajstić information content (AvgIpc) is 2.31. The summed E-state index contributed by atoms with van der Waals surface area (Å²) in [4.78, 5) is 22.7. The van der Waals surface area contributed by atoms with Crippen LogP contribution >= 0.6 is 27.5 Å². The second-order valence-corrected chi connectivity index (χ2v) is 5.35. The highest BCUT2D eigenvalue weighted by Gasteiger charge is 2.26. The number of rotatable bonds is 4. The summed E-state index contributed by atoms with van der Waals surface area (Å²) < 4.78 is 0.779. The molecule has 0 aliphatic heterocycles. The zero-order valence-corrected chi connectivity index (χ0v) is 12.2. The first kappa shape index (κ1) is 15.0. The van der Waals surface area contributed by atoms with Gasteiger partial charge < -0.3 is 10.4 Å². The maximum absolute atomic E-state index is 11.9. The molecule has 6 heteroatoms. The van der Waals surface area contributed by atoms with E-state index >= 15 is 0 Å². The molecule has 0 heterocycles. The SMILES string of the molecule is CC(C(=O)O)C(C)C(=O)Nc1cc(Br)ccc1Cl. The Kier molecular flexibility index (Phi) is 5.16. The highest BCUT2D eigenvalue weighted by atomic mass is 79.9. The van der Waals surface area contributed by atoms with Crippen LogP contribution in [0.2, 0.25) is 5.02 Å². The van der Waals surface area contributed by atoms with Crippen LogP contribution < -0.4 is 5.32 Å². The first-order valence-electron chi connectivity index (χ1n) is 5.31. The van der Waals surface area contributed by atoms with E-state index in [0.29, 0.717) is 10.7 Å². The molecule has 2 unspecified atom stereocenters. The molecule has 0 aromatic heterocycles. The first-order chi connectivity index (χ1) is 8.32. The Morgan fingerprint density at radius 1 is 1.33 bits per heavy atom. The van der Waals surface area contributed by atoms with Crippen LogP contribution in [-0.2, 0) is 9.59 Å². The molecule has 0 radical (unpaired) electrons. The molecule has 98 valence electrons. The largest absolute Gasteiger partial charge is 0.481 e. The van der Waals surface area contributed by atoms with Crippen molar-refractivity contribution in [3.8, 4) is 0 Å². The van der Waals surface area contributed by atoms with E-state index in [1.54, 1.807) is 25.1 Å². The smallest absolute Gasteiger partial charge is 0.307 e. The number of carboxylic acid groups (broad SMARTS) is 1. The van der Waals surface area contributed by atoms with Gasteiger partial charge in [0.05, 0.1) is 16.6 Å². The van der Waals surface area contributed by atoms with Gasteiger partial charge in [0.25, 0.3) is 0 Å². The van der Waals surface area contributed by atoms with E-state index in [9.17, 15) is 9.59 Å². The van der Waals surface area contributed by atoms with Crippen molar-refractivity contribution in [2.45, 2.75) is 13.8 Å². The van der Waals surface area contributed by atoms with Gasteiger partial charge in [-0.15, -0.1) is 0 Å². The number of carbonyl (C=O) groups excluding carboxylic acids is 1. The van der Waals surface area contributed by atoms with Gasteiger partial charge in [-0.2, -0.15) is 0 Å². The Bertz CT molecular complexity index is 478. The van der Waals surface area contributed by atoms with E-state index in [0.717, 1.165) is 4.47 Å². The normalized spacial score (nSPS) is 13.8. The summed E-state index contributed by atoms with van der Waals surface area (Å²) in [6.07, 6.45) is 0. The molecule has 1 aromatic rings. The van der Waals surface area contributed by atoms with Crippen LogP contribution in [0.25, 0.3) is 0 Å². The molecule has 2 N–H and O–H groups in total. The fourth-order valence-electron chi connectivity index (χ4n) is 1.28. The average molecular weight is 335 g/mol. The Hall–Kier alpha value is -1.07. The van der Waals surface area contributed by atoms with Crippen molar-refractivity contribution >= 4 is 45.1 Å². The third-order valence-electron chi connectivity index (χ3n) is 2.74. The number of anilines is 1. The molecule has 0 aliphatic rings. The van der Waals surface area contributed by atoms with Crippen LogP contribution in [0, 0.1) is 11.8 Å². The number of amides is 1. The Balaban J connectivity index is 2.81. The second-order valence-electron chi connectivity index (χ2n) is 4.03. The number of halogens is 2. The molecular formula is C12H13BrClNO3. The van der Waals surface area contributed by atoms with Crippen LogP contribution in [0.15, 0.2) is 22.7 Å². The predicted octanol–water partition coefficient (Wildman–Crippen LogP) is 3.40. The summed E-state index contributed by atoms with van der Waals surface area (Å²) in [5, 5.41) is 11.9. The third-order valence-corrected chi connectivity index (χ3v) is 3.56. The molecule has 0 saturated carbocycles. The number of carbonyl (C=O) groups is 2. The van der Waals surface area contributed by atoms with Crippen molar-refractivity contribution < 1.29 is 14.7 Å². The van der Waals surface area contributed by atoms with Crippen LogP contribution in [0.5, 0.6) is 0 Å². The molecule has 1 rings (SSSR count). The van der Waals surface area contributed by atoms with Gasteiger partial charge in [-0.05, 0) is 18.2 Å². The van der Waals surface area contributed by atoms with Gasteiger partial charge in [0.1, 0.15) is 0 Å².